The van der Waals surface area contributed by atoms with E-state index in [-0.39, 0.29) is 5.63 Å². The lowest BCUT2D eigenvalue weighted by molar-refractivity contribution is 0.0889. The van der Waals surface area contributed by atoms with E-state index in [9.17, 15) is 4.79 Å². The Balaban J connectivity index is 1.68. The summed E-state index contributed by atoms with van der Waals surface area (Å²) >= 11 is 0. The molecule has 1 aromatic heterocycles. The van der Waals surface area contributed by atoms with Gasteiger partial charge in [-0.1, -0.05) is 25.5 Å². The molecule has 5 heteroatoms. The Morgan fingerprint density at radius 3 is 2.89 bits per heavy atom. The van der Waals surface area contributed by atoms with E-state index in [2.05, 4.69) is 17.9 Å². The largest absolute Gasteiger partial charge is 0.497 e. The second kappa shape index (κ2) is 7.45. The van der Waals surface area contributed by atoms with Gasteiger partial charge in [0.25, 0.3) is 0 Å². The number of hydrogen-bond donors (Lipinski definition) is 0. The number of aryl methyl sites for hydroxylation is 1. The third-order valence-corrected chi connectivity index (χ3v) is 4.90. The van der Waals surface area contributed by atoms with Gasteiger partial charge in [-0.2, -0.15) is 0 Å². The van der Waals surface area contributed by atoms with Crippen molar-refractivity contribution in [1.29, 1.82) is 0 Å². The van der Waals surface area contributed by atoms with Crippen molar-refractivity contribution in [1.82, 2.24) is 4.90 Å². The Bertz CT molecular complexity index is 1020. The van der Waals surface area contributed by atoms with Crippen LogP contribution in [0.15, 0.2) is 51.7 Å². The number of hydrogen-bond acceptors (Lipinski definition) is 5. The molecule has 0 atom stereocenters. The zero-order chi connectivity index (χ0) is 18.8. The average molecular weight is 365 g/mol. The molecule has 2 aromatic carbocycles. The van der Waals surface area contributed by atoms with Gasteiger partial charge in [0.05, 0.1) is 12.7 Å². The lowest BCUT2D eigenvalue weighted by Crippen LogP contribution is -2.31. The van der Waals surface area contributed by atoms with E-state index in [0.717, 1.165) is 53.0 Å². The summed E-state index contributed by atoms with van der Waals surface area (Å²) in [4.78, 5) is 14.3. The Kier molecular flexibility index (Phi) is 4.86. The van der Waals surface area contributed by atoms with Crippen LogP contribution in [0.2, 0.25) is 0 Å². The third kappa shape index (κ3) is 3.55. The van der Waals surface area contributed by atoms with Gasteiger partial charge < -0.3 is 13.9 Å². The zero-order valence-electron chi connectivity index (χ0n) is 15.7. The topological polar surface area (TPSA) is 51.9 Å². The summed E-state index contributed by atoms with van der Waals surface area (Å²) in [5.41, 5.74) is 3.48. The smallest absolute Gasteiger partial charge is 0.336 e. The van der Waals surface area contributed by atoms with Gasteiger partial charge in [0.1, 0.15) is 23.8 Å². The Morgan fingerprint density at radius 1 is 1.19 bits per heavy atom. The second-order valence-electron chi connectivity index (χ2n) is 6.87. The number of rotatable bonds is 5. The summed E-state index contributed by atoms with van der Waals surface area (Å²) in [5.74, 6) is 1.63. The van der Waals surface area contributed by atoms with Crippen LogP contribution in [0, 0.1) is 0 Å². The van der Waals surface area contributed by atoms with Gasteiger partial charge in [-0.05, 0) is 41.8 Å². The highest BCUT2D eigenvalue weighted by Crippen LogP contribution is 2.33. The quantitative estimate of drug-likeness (QED) is 0.637. The predicted molar refractivity (Wildman–Crippen MR) is 104 cm³/mol. The van der Waals surface area contributed by atoms with Gasteiger partial charge in [0.15, 0.2) is 0 Å². The number of fused-ring (bicyclic) bond motifs is 3. The molecule has 0 radical (unpaired) electrons. The molecule has 0 N–H and O–H groups in total. The van der Waals surface area contributed by atoms with Crippen LogP contribution < -0.4 is 15.1 Å². The molecular weight excluding hydrogens is 342 g/mol. The normalized spacial score (nSPS) is 14.0. The first kappa shape index (κ1) is 17.6. The summed E-state index contributed by atoms with van der Waals surface area (Å²) in [6.07, 6.45) is 1.84. The van der Waals surface area contributed by atoms with Crippen LogP contribution in [-0.4, -0.2) is 18.7 Å². The molecule has 0 spiro atoms. The molecular formula is C22H23NO4. The molecule has 0 amide bonds. The van der Waals surface area contributed by atoms with Crippen LogP contribution >= 0.6 is 0 Å². The number of nitrogens with zero attached hydrogens (tertiary/aromatic N) is 1. The predicted octanol–water partition coefficient (Wildman–Crippen LogP) is 4.11. The number of benzene rings is 2. The minimum atomic E-state index is -0.302. The van der Waals surface area contributed by atoms with Gasteiger partial charge in [0, 0.05) is 24.5 Å². The number of ether oxygens (including phenoxy) is 2. The van der Waals surface area contributed by atoms with E-state index in [4.69, 9.17) is 13.9 Å². The molecule has 0 saturated carbocycles. The lowest BCUT2D eigenvalue weighted by atomic mass is 10.0. The van der Waals surface area contributed by atoms with Gasteiger partial charge in [0.2, 0.25) is 0 Å². The maximum atomic E-state index is 12.1. The molecule has 0 aliphatic carbocycles. The highest BCUT2D eigenvalue weighted by atomic mass is 16.5. The molecule has 0 unspecified atom stereocenters. The summed E-state index contributed by atoms with van der Waals surface area (Å²) in [6.45, 7) is 4.00. The van der Waals surface area contributed by atoms with Crippen LogP contribution in [0.25, 0.3) is 11.0 Å². The average Bonchev–Trinajstić information content (AvgIpc) is 2.68. The first-order chi connectivity index (χ1) is 13.2. The van der Waals surface area contributed by atoms with Crippen LogP contribution in [0.4, 0.5) is 0 Å². The molecule has 0 fully saturated rings. The molecule has 1 aliphatic heterocycles. The molecule has 5 nitrogen and oxygen atoms in total. The summed E-state index contributed by atoms with van der Waals surface area (Å²) in [6, 6.07) is 13.6. The second-order valence-corrected chi connectivity index (χ2v) is 6.87. The lowest BCUT2D eigenvalue weighted by Gasteiger charge is -2.29. The van der Waals surface area contributed by atoms with Crippen molar-refractivity contribution in [3.8, 4) is 11.5 Å². The van der Waals surface area contributed by atoms with Crippen molar-refractivity contribution < 1.29 is 13.9 Å². The van der Waals surface area contributed by atoms with Crippen molar-refractivity contribution in [2.75, 3.05) is 13.8 Å². The molecule has 1 aliphatic rings. The standard InChI is InChI=1S/C22H23NO4/c1-3-5-16-11-21(24)27-22-18(16)8-9-20-19(22)13-23(14-26-20)12-15-6-4-7-17(10-15)25-2/h4,6-11H,3,5,12-14H2,1-2H3. The van der Waals surface area contributed by atoms with Crippen molar-refractivity contribution >= 4 is 11.0 Å². The fraction of sp³-hybridized carbons (Fsp3) is 0.318. The number of methoxy groups -OCH3 is 1. The van der Waals surface area contributed by atoms with Crippen molar-refractivity contribution in [3.05, 3.63) is 69.6 Å². The van der Waals surface area contributed by atoms with Gasteiger partial charge in [-0.25, -0.2) is 4.79 Å². The molecule has 3 aromatic rings. The first-order valence-electron chi connectivity index (χ1n) is 9.24. The van der Waals surface area contributed by atoms with Crippen LogP contribution in [0.1, 0.15) is 30.0 Å². The fourth-order valence-electron chi connectivity index (χ4n) is 3.65. The van der Waals surface area contributed by atoms with Crippen molar-refractivity contribution in [2.24, 2.45) is 0 Å². The molecule has 0 saturated heterocycles. The molecule has 27 heavy (non-hydrogen) atoms. The van der Waals surface area contributed by atoms with Crippen molar-refractivity contribution in [2.45, 2.75) is 32.9 Å². The highest BCUT2D eigenvalue weighted by molar-refractivity contribution is 5.85. The van der Waals surface area contributed by atoms with Crippen LogP contribution in [-0.2, 0) is 19.5 Å². The molecule has 0 bridgehead atoms. The fourth-order valence-corrected chi connectivity index (χ4v) is 3.65. The highest BCUT2D eigenvalue weighted by Gasteiger charge is 2.22. The third-order valence-electron chi connectivity index (χ3n) is 4.90. The Morgan fingerprint density at radius 2 is 2.07 bits per heavy atom. The Hall–Kier alpha value is -2.79. The SMILES string of the molecule is CCCc1cc(=O)oc2c3c(ccc12)OCN(Cc1cccc(OC)c1)C3. The molecule has 4 rings (SSSR count). The molecule has 2 heterocycles. The zero-order valence-corrected chi connectivity index (χ0v) is 15.7. The van der Waals surface area contributed by atoms with E-state index in [1.54, 1.807) is 13.2 Å². The summed E-state index contributed by atoms with van der Waals surface area (Å²) < 4.78 is 16.9. The van der Waals surface area contributed by atoms with Gasteiger partial charge in [-0.15, -0.1) is 0 Å². The molecule has 140 valence electrons. The van der Waals surface area contributed by atoms with E-state index in [1.165, 1.54) is 0 Å². The van der Waals surface area contributed by atoms with E-state index >= 15 is 0 Å². The first-order valence-corrected chi connectivity index (χ1v) is 9.24. The van der Waals surface area contributed by atoms with E-state index < -0.39 is 0 Å². The van der Waals surface area contributed by atoms with Gasteiger partial charge >= 0.3 is 5.63 Å². The summed E-state index contributed by atoms with van der Waals surface area (Å²) in [5, 5.41) is 1.00. The Labute approximate surface area is 158 Å². The summed E-state index contributed by atoms with van der Waals surface area (Å²) in [7, 11) is 1.67. The monoisotopic (exact) mass is 365 g/mol. The van der Waals surface area contributed by atoms with Crippen LogP contribution in [0.3, 0.4) is 0 Å². The van der Waals surface area contributed by atoms with Crippen LogP contribution in [0.5, 0.6) is 11.5 Å². The van der Waals surface area contributed by atoms with Crippen molar-refractivity contribution in [3.63, 3.8) is 0 Å². The maximum Gasteiger partial charge on any atom is 0.336 e. The van der Waals surface area contributed by atoms with E-state index in [0.29, 0.717) is 18.9 Å². The van der Waals surface area contributed by atoms with Gasteiger partial charge in [-0.3, -0.25) is 4.90 Å². The van der Waals surface area contributed by atoms with E-state index in [1.807, 2.05) is 30.3 Å². The minimum Gasteiger partial charge on any atom is -0.497 e. The maximum absolute atomic E-state index is 12.1. The minimum absolute atomic E-state index is 0.302.